The molecule has 1 amide bonds. The van der Waals surface area contributed by atoms with Crippen LogP contribution in [0.5, 0.6) is 5.75 Å². The zero-order chi connectivity index (χ0) is 18.6. The summed E-state index contributed by atoms with van der Waals surface area (Å²) in [5.74, 6) is -0.193. The Hall–Kier alpha value is -1.90. The van der Waals surface area contributed by atoms with Crippen LogP contribution in [0.4, 0.5) is 0 Å². The second-order valence-corrected chi connectivity index (χ2v) is 6.18. The van der Waals surface area contributed by atoms with E-state index in [2.05, 4.69) is 0 Å². The van der Waals surface area contributed by atoms with Crippen molar-refractivity contribution in [3.8, 4) is 5.75 Å². The Kier molecular flexibility index (Phi) is 6.57. The largest absolute Gasteiger partial charge is 0.508 e. The zero-order valence-electron chi connectivity index (χ0n) is 15.1. The average molecular weight is 354 g/mol. The first-order valence-electron chi connectivity index (χ1n) is 8.18. The van der Waals surface area contributed by atoms with E-state index in [1.54, 1.807) is 33.1 Å². The molecule has 0 unspecified atom stereocenters. The number of carbonyl (C=O) groups excluding carboxylic acids is 1. The minimum absolute atomic E-state index is 0.0740. The van der Waals surface area contributed by atoms with Crippen LogP contribution in [0.15, 0.2) is 16.9 Å². The summed E-state index contributed by atoms with van der Waals surface area (Å²) < 4.78 is 17.9. The van der Waals surface area contributed by atoms with Gasteiger partial charge in [-0.3, -0.25) is 9.59 Å². The van der Waals surface area contributed by atoms with Crippen molar-refractivity contribution in [2.24, 2.45) is 0 Å². The summed E-state index contributed by atoms with van der Waals surface area (Å²) in [6.07, 6.45) is -0.348. The lowest BCUT2D eigenvalue weighted by molar-refractivity contribution is -0.164. The summed E-state index contributed by atoms with van der Waals surface area (Å²) in [5, 5.41) is 9.43. The number of pyridine rings is 1. The number of aromatic hydroxyl groups is 1. The smallest absolute Gasteiger partial charge is 0.254 e. The first-order valence-corrected chi connectivity index (χ1v) is 8.18. The molecule has 0 aliphatic carbocycles. The maximum absolute atomic E-state index is 12.6. The fourth-order valence-electron chi connectivity index (χ4n) is 3.15. The van der Waals surface area contributed by atoms with E-state index in [1.165, 1.54) is 10.6 Å². The third-order valence-corrected chi connectivity index (χ3v) is 4.65. The minimum Gasteiger partial charge on any atom is -0.508 e. The van der Waals surface area contributed by atoms with E-state index in [1.807, 2.05) is 0 Å². The zero-order valence-corrected chi connectivity index (χ0v) is 15.1. The minimum atomic E-state index is -0.330. The molecule has 8 nitrogen and oxygen atoms in total. The molecule has 1 aliphatic rings. The van der Waals surface area contributed by atoms with Gasteiger partial charge in [-0.1, -0.05) is 0 Å². The number of aromatic nitrogens is 1. The summed E-state index contributed by atoms with van der Waals surface area (Å²) >= 11 is 0. The van der Waals surface area contributed by atoms with E-state index >= 15 is 0 Å². The number of amides is 1. The molecule has 1 N–H and O–H groups in total. The number of methoxy groups -OCH3 is 2. The SMILES string of the molecule is CO[C@H]1[C@H](N(C)C(=O)CCn2c(C)cc(O)cc2=O)COC[C@H]1OC. The Morgan fingerprint density at radius 1 is 1.36 bits per heavy atom. The molecule has 0 saturated carbocycles. The average Bonchev–Trinajstić information content (AvgIpc) is 2.58. The number of ether oxygens (including phenoxy) is 3. The van der Waals surface area contributed by atoms with Crippen molar-refractivity contribution in [2.75, 3.05) is 34.5 Å². The molecule has 1 saturated heterocycles. The van der Waals surface area contributed by atoms with Crippen LogP contribution in [-0.4, -0.2) is 73.2 Å². The van der Waals surface area contributed by atoms with Crippen LogP contribution in [-0.2, 0) is 25.5 Å². The number of rotatable bonds is 6. The molecule has 2 rings (SSSR count). The number of hydrogen-bond acceptors (Lipinski definition) is 6. The van der Waals surface area contributed by atoms with Gasteiger partial charge in [0.25, 0.3) is 5.56 Å². The van der Waals surface area contributed by atoms with E-state index in [-0.39, 0.29) is 48.4 Å². The second-order valence-electron chi connectivity index (χ2n) is 6.18. The van der Waals surface area contributed by atoms with Gasteiger partial charge in [-0.15, -0.1) is 0 Å². The Morgan fingerprint density at radius 2 is 2.08 bits per heavy atom. The van der Waals surface area contributed by atoms with E-state index in [9.17, 15) is 14.7 Å². The molecule has 1 fully saturated rings. The van der Waals surface area contributed by atoms with Crippen LogP contribution in [0.2, 0.25) is 0 Å². The van der Waals surface area contributed by atoms with Gasteiger partial charge in [0.05, 0.1) is 19.3 Å². The molecule has 8 heteroatoms. The van der Waals surface area contributed by atoms with Gasteiger partial charge in [-0.25, -0.2) is 0 Å². The normalized spacial score (nSPS) is 23.4. The molecular weight excluding hydrogens is 328 g/mol. The van der Waals surface area contributed by atoms with Gasteiger partial charge in [0.15, 0.2) is 0 Å². The Balaban J connectivity index is 2.04. The van der Waals surface area contributed by atoms with Gasteiger partial charge in [-0.05, 0) is 13.0 Å². The van der Waals surface area contributed by atoms with Crippen LogP contribution in [0.1, 0.15) is 12.1 Å². The second kappa shape index (κ2) is 8.46. The maximum Gasteiger partial charge on any atom is 0.254 e. The molecule has 140 valence electrons. The van der Waals surface area contributed by atoms with Crippen molar-refractivity contribution in [3.05, 3.63) is 28.2 Å². The molecule has 0 aromatic carbocycles. The maximum atomic E-state index is 12.6. The molecule has 3 atom stereocenters. The lowest BCUT2D eigenvalue weighted by Crippen LogP contribution is -2.57. The molecular formula is C17H26N2O6. The van der Waals surface area contributed by atoms with Crippen LogP contribution >= 0.6 is 0 Å². The van der Waals surface area contributed by atoms with Crippen molar-refractivity contribution in [1.82, 2.24) is 9.47 Å². The fourth-order valence-corrected chi connectivity index (χ4v) is 3.15. The summed E-state index contributed by atoms with van der Waals surface area (Å²) in [7, 11) is 4.88. The lowest BCUT2D eigenvalue weighted by Gasteiger charge is -2.40. The third kappa shape index (κ3) is 4.39. The van der Waals surface area contributed by atoms with Crippen molar-refractivity contribution >= 4 is 5.91 Å². The van der Waals surface area contributed by atoms with Crippen LogP contribution in [0, 0.1) is 6.92 Å². The third-order valence-electron chi connectivity index (χ3n) is 4.65. The first-order chi connectivity index (χ1) is 11.9. The standard InChI is InChI=1S/C17H26N2O6/c1-11-7-12(20)8-16(22)19(11)6-5-15(21)18(2)13-9-25-10-14(23-3)17(13)24-4/h7-8,13-14,17,20H,5-6,9-10H2,1-4H3/t13-,14-,17+/m1/s1. The van der Waals surface area contributed by atoms with Gasteiger partial charge in [-0.2, -0.15) is 0 Å². The van der Waals surface area contributed by atoms with Gasteiger partial charge in [0, 0.05) is 46.0 Å². The summed E-state index contributed by atoms with van der Waals surface area (Å²) in [6.45, 7) is 2.76. The fraction of sp³-hybridized carbons (Fsp3) is 0.647. The number of carbonyl (C=O) groups is 1. The van der Waals surface area contributed by atoms with Crippen molar-refractivity contribution < 1.29 is 24.1 Å². The lowest BCUT2D eigenvalue weighted by atomic mass is 10.0. The number of aryl methyl sites for hydroxylation is 1. The van der Waals surface area contributed by atoms with Gasteiger partial charge in [0.1, 0.15) is 18.0 Å². The Morgan fingerprint density at radius 3 is 2.68 bits per heavy atom. The predicted octanol–water partition coefficient (Wildman–Crippen LogP) is 0.140. The molecule has 1 aliphatic heterocycles. The molecule has 1 aromatic rings. The van der Waals surface area contributed by atoms with Crippen LogP contribution in [0.3, 0.4) is 0 Å². The first kappa shape index (κ1) is 19.4. The van der Waals surface area contributed by atoms with E-state index in [4.69, 9.17) is 14.2 Å². The Bertz CT molecular complexity index is 659. The topological polar surface area (TPSA) is 90.2 Å². The van der Waals surface area contributed by atoms with E-state index in [0.29, 0.717) is 18.9 Å². The molecule has 1 aromatic heterocycles. The molecule has 2 heterocycles. The molecule has 0 spiro atoms. The summed E-state index contributed by atoms with van der Waals surface area (Å²) in [4.78, 5) is 26.1. The summed E-state index contributed by atoms with van der Waals surface area (Å²) in [5.41, 5.74) is 0.277. The number of hydrogen-bond donors (Lipinski definition) is 1. The van der Waals surface area contributed by atoms with E-state index in [0.717, 1.165) is 6.07 Å². The van der Waals surface area contributed by atoms with Gasteiger partial charge in [0.2, 0.25) is 5.91 Å². The van der Waals surface area contributed by atoms with Crippen LogP contribution in [0.25, 0.3) is 0 Å². The monoisotopic (exact) mass is 354 g/mol. The highest BCUT2D eigenvalue weighted by atomic mass is 16.6. The van der Waals surface area contributed by atoms with Gasteiger partial charge < -0.3 is 28.8 Å². The van der Waals surface area contributed by atoms with Crippen molar-refractivity contribution in [1.29, 1.82) is 0 Å². The van der Waals surface area contributed by atoms with Crippen LogP contribution < -0.4 is 5.56 Å². The highest BCUT2D eigenvalue weighted by Crippen LogP contribution is 2.19. The highest BCUT2D eigenvalue weighted by molar-refractivity contribution is 5.76. The number of nitrogens with zero attached hydrogens (tertiary/aromatic N) is 2. The highest BCUT2D eigenvalue weighted by Gasteiger charge is 2.38. The van der Waals surface area contributed by atoms with Crippen molar-refractivity contribution in [3.63, 3.8) is 0 Å². The predicted molar refractivity (Wildman–Crippen MR) is 90.7 cm³/mol. The molecule has 0 radical (unpaired) electrons. The number of likely N-dealkylation sites (N-methyl/N-ethyl adjacent to an activating group) is 1. The van der Waals surface area contributed by atoms with E-state index < -0.39 is 0 Å². The van der Waals surface area contributed by atoms with Gasteiger partial charge >= 0.3 is 0 Å². The quantitative estimate of drug-likeness (QED) is 0.782. The molecule has 25 heavy (non-hydrogen) atoms. The molecule has 0 bridgehead atoms. The summed E-state index contributed by atoms with van der Waals surface area (Å²) in [6, 6.07) is 2.38. The Labute approximate surface area is 146 Å². The van der Waals surface area contributed by atoms with Crippen molar-refractivity contribution in [2.45, 2.75) is 38.1 Å².